The van der Waals surface area contributed by atoms with E-state index >= 15 is 0 Å². The van der Waals surface area contributed by atoms with Crippen LogP contribution >= 0.6 is 0 Å². The SMILES string of the molecule is COc1ccc(-c2cccc(NC(=O)c3ccc(C#N)cc3)c2)cc1CN1CCN(C)CC1. The third kappa shape index (κ3) is 5.58. The van der Waals surface area contributed by atoms with Crippen molar-refractivity contribution in [1.29, 1.82) is 5.26 Å². The smallest absolute Gasteiger partial charge is 0.255 e. The van der Waals surface area contributed by atoms with Crippen molar-refractivity contribution < 1.29 is 9.53 Å². The molecule has 168 valence electrons. The number of hydrogen-bond donors (Lipinski definition) is 1. The number of nitriles is 1. The van der Waals surface area contributed by atoms with Gasteiger partial charge < -0.3 is 15.0 Å². The molecule has 0 radical (unpaired) electrons. The molecule has 0 saturated carbocycles. The minimum absolute atomic E-state index is 0.206. The molecular formula is C27H28N4O2. The molecule has 6 heteroatoms. The van der Waals surface area contributed by atoms with E-state index in [0.29, 0.717) is 11.1 Å². The number of benzene rings is 3. The van der Waals surface area contributed by atoms with E-state index in [1.54, 1.807) is 31.4 Å². The summed E-state index contributed by atoms with van der Waals surface area (Å²) >= 11 is 0. The molecule has 1 saturated heterocycles. The number of methoxy groups -OCH3 is 1. The summed E-state index contributed by atoms with van der Waals surface area (Å²) in [5.74, 6) is 0.685. The van der Waals surface area contributed by atoms with Crippen molar-refractivity contribution >= 4 is 11.6 Å². The topological polar surface area (TPSA) is 68.6 Å². The van der Waals surface area contributed by atoms with Crippen LogP contribution < -0.4 is 10.1 Å². The molecule has 0 aliphatic carbocycles. The summed E-state index contributed by atoms with van der Waals surface area (Å²) in [4.78, 5) is 17.4. The Balaban J connectivity index is 1.52. The second-order valence-corrected chi connectivity index (χ2v) is 8.33. The van der Waals surface area contributed by atoms with Crippen LogP contribution in [0.4, 0.5) is 5.69 Å². The van der Waals surface area contributed by atoms with Gasteiger partial charge in [0.05, 0.1) is 18.7 Å². The molecule has 0 bridgehead atoms. The number of likely N-dealkylation sites (N-methyl/N-ethyl adjacent to an activating group) is 1. The van der Waals surface area contributed by atoms with Gasteiger partial charge in [-0.05, 0) is 66.7 Å². The predicted molar refractivity (Wildman–Crippen MR) is 130 cm³/mol. The van der Waals surface area contributed by atoms with Crippen LogP contribution in [0.2, 0.25) is 0 Å². The number of rotatable bonds is 6. The van der Waals surface area contributed by atoms with Crippen LogP contribution in [0, 0.1) is 11.3 Å². The van der Waals surface area contributed by atoms with Crippen LogP contribution in [-0.2, 0) is 6.54 Å². The monoisotopic (exact) mass is 440 g/mol. The molecule has 1 fully saturated rings. The Kier molecular flexibility index (Phi) is 7.04. The number of carbonyl (C=O) groups excluding carboxylic acids is 1. The lowest BCUT2D eigenvalue weighted by Crippen LogP contribution is -2.43. The molecule has 3 aromatic carbocycles. The van der Waals surface area contributed by atoms with Gasteiger partial charge in [-0.3, -0.25) is 9.69 Å². The Labute approximate surface area is 195 Å². The van der Waals surface area contributed by atoms with Crippen molar-refractivity contribution in [1.82, 2.24) is 9.80 Å². The fourth-order valence-corrected chi connectivity index (χ4v) is 4.00. The molecule has 6 nitrogen and oxygen atoms in total. The average molecular weight is 441 g/mol. The first-order valence-corrected chi connectivity index (χ1v) is 11.1. The van der Waals surface area contributed by atoms with Gasteiger partial charge in [0.15, 0.2) is 0 Å². The summed E-state index contributed by atoms with van der Waals surface area (Å²) in [7, 11) is 3.87. The van der Waals surface area contributed by atoms with Gasteiger partial charge in [-0.15, -0.1) is 0 Å². The number of amides is 1. The van der Waals surface area contributed by atoms with E-state index in [2.05, 4.69) is 34.3 Å². The predicted octanol–water partition coefficient (Wildman–Crippen LogP) is 4.23. The Hall–Kier alpha value is -3.66. The minimum Gasteiger partial charge on any atom is -0.496 e. The largest absolute Gasteiger partial charge is 0.496 e. The summed E-state index contributed by atoms with van der Waals surface area (Å²) in [5.41, 5.74) is 5.02. The molecule has 0 atom stereocenters. The second kappa shape index (κ2) is 10.3. The van der Waals surface area contributed by atoms with Crippen LogP contribution in [-0.4, -0.2) is 56.0 Å². The van der Waals surface area contributed by atoms with Gasteiger partial charge in [-0.25, -0.2) is 0 Å². The summed E-state index contributed by atoms with van der Waals surface area (Å²) in [5, 5.41) is 11.9. The van der Waals surface area contributed by atoms with Gasteiger partial charge in [-0.2, -0.15) is 5.26 Å². The maximum atomic E-state index is 12.6. The van der Waals surface area contributed by atoms with Crippen LogP contribution in [0.25, 0.3) is 11.1 Å². The van der Waals surface area contributed by atoms with E-state index in [1.807, 2.05) is 36.4 Å². The van der Waals surface area contributed by atoms with Crippen molar-refractivity contribution in [3.8, 4) is 22.9 Å². The first-order chi connectivity index (χ1) is 16.1. The lowest BCUT2D eigenvalue weighted by Gasteiger charge is -2.32. The number of carbonyl (C=O) groups is 1. The van der Waals surface area contributed by atoms with Crippen molar-refractivity contribution in [2.45, 2.75) is 6.54 Å². The lowest BCUT2D eigenvalue weighted by molar-refractivity contribution is 0.102. The molecule has 0 aromatic heterocycles. The molecule has 1 aliphatic heterocycles. The van der Waals surface area contributed by atoms with E-state index in [0.717, 1.165) is 60.9 Å². The lowest BCUT2D eigenvalue weighted by atomic mass is 10.0. The number of ether oxygens (including phenoxy) is 1. The fraction of sp³-hybridized carbons (Fsp3) is 0.259. The van der Waals surface area contributed by atoms with E-state index in [9.17, 15) is 4.79 Å². The van der Waals surface area contributed by atoms with Crippen LogP contribution in [0.3, 0.4) is 0 Å². The standard InChI is InChI=1S/C27H28N4O2/c1-30-12-14-31(15-13-30)19-24-16-23(10-11-26(24)33-2)22-4-3-5-25(17-22)29-27(32)21-8-6-20(18-28)7-9-21/h3-11,16-17H,12-15,19H2,1-2H3,(H,29,32). The Morgan fingerprint density at radius 3 is 2.42 bits per heavy atom. The highest BCUT2D eigenvalue weighted by molar-refractivity contribution is 6.04. The minimum atomic E-state index is -0.206. The van der Waals surface area contributed by atoms with Crippen molar-refractivity contribution in [2.75, 3.05) is 45.7 Å². The van der Waals surface area contributed by atoms with Crippen molar-refractivity contribution in [3.05, 3.63) is 83.4 Å². The zero-order valence-corrected chi connectivity index (χ0v) is 19.0. The molecule has 4 rings (SSSR count). The number of nitrogens with zero attached hydrogens (tertiary/aromatic N) is 3. The van der Waals surface area contributed by atoms with Crippen LogP contribution in [0.15, 0.2) is 66.7 Å². The normalized spacial score (nSPS) is 14.5. The van der Waals surface area contributed by atoms with Crippen molar-refractivity contribution in [3.63, 3.8) is 0 Å². The van der Waals surface area contributed by atoms with Gasteiger partial charge in [0.1, 0.15) is 5.75 Å². The van der Waals surface area contributed by atoms with E-state index in [1.165, 1.54) is 0 Å². The average Bonchev–Trinajstić information content (AvgIpc) is 2.85. The molecule has 1 N–H and O–H groups in total. The highest BCUT2D eigenvalue weighted by atomic mass is 16.5. The van der Waals surface area contributed by atoms with Gasteiger partial charge >= 0.3 is 0 Å². The number of hydrogen-bond acceptors (Lipinski definition) is 5. The molecule has 1 aliphatic rings. The number of nitrogens with one attached hydrogen (secondary N) is 1. The second-order valence-electron chi connectivity index (χ2n) is 8.33. The molecular weight excluding hydrogens is 412 g/mol. The zero-order chi connectivity index (χ0) is 23.2. The molecule has 1 heterocycles. The first-order valence-electron chi connectivity index (χ1n) is 11.1. The van der Waals surface area contributed by atoms with E-state index < -0.39 is 0 Å². The Morgan fingerprint density at radius 1 is 1.00 bits per heavy atom. The molecule has 3 aromatic rings. The van der Waals surface area contributed by atoms with Crippen LogP contribution in [0.1, 0.15) is 21.5 Å². The molecule has 33 heavy (non-hydrogen) atoms. The number of anilines is 1. The summed E-state index contributed by atoms with van der Waals surface area (Å²) in [6.07, 6.45) is 0. The third-order valence-electron chi connectivity index (χ3n) is 6.00. The van der Waals surface area contributed by atoms with Crippen LogP contribution in [0.5, 0.6) is 5.75 Å². The Bertz CT molecular complexity index is 1160. The van der Waals surface area contributed by atoms with Crippen molar-refractivity contribution in [2.24, 2.45) is 0 Å². The molecule has 1 amide bonds. The fourth-order valence-electron chi connectivity index (χ4n) is 4.00. The third-order valence-corrected chi connectivity index (χ3v) is 6.00. The molecule has 0 spiro atoms. The van der Waals surface area contributed by atoms with E-state index in [4.69, 9.17) is 10.00 Å². The molecule has 0 unspecified atom stereocenters. The van der Waals surface area contributed by atoms with Gasteiger partial charge in [0.25, 0.3) is 5.91 Å². The van der Waals surface area contributed by atoms with Gasteiger partial charge in [0, 0.05) is 49.5 Å². The van der Waals surface area contributed by atoms with E-state index in [-0.39, 0.29) is 5.91 Å². The quantitative estimate of drug-likeness (QED) is 0.621. The Morgan fingerprint density at radius 2 is 1.73 bits per heavy atom. The summed E-state index contributed by atoms with van der Waals surface area (Å²) in [6, 6.07) is 22.7. The highest BCUT2D eigenvalue weighted by Crippen LogP contribution is 2.29. The summed E-state index contributed by atoms with van der Waals surface area (Å²) < 4.78 is 5.63. The first kappa shape index (κ1) is 22.5. The maximum Gasteiger partial charge on any atom is 0.255 e. The maximum absolute atomic E-state index is 12.6. The highest BCUT2D eigenvalue weighted by Gasteiger charge is 2.16. The van der Waals surface area contributed by atoms with Gasteiger partial charge in [-0.1, -0.05) is 18.2 Å². The van der Waals surface area contributed by atoms with Gasteiger partial charge in [0.2, 0.25) is 0 Å². The zero-order valence-electron chi connectivity index (χ0n) is 19.0. The number of piperazine rings is 1. The summed E-state index contributed by atoms with van der Waals surface area (Å²) in [6.45, 7) is 5.08.